The van der Waals surface area contributed by atoms with Crippen LogP contribution in [0.3, 0.4) is 0 Å². The zero-order valence-electron chi connectivity index (χ0n) is 17.7. The molecule has 0 aliphatic carbocycles. The lowest BCUT2D eigenvalue weighted by Crippen LogP contribution is -2.43. The minimum Gasteiger partial charge on any atom is -0.348 e. The van der Waals surface area contributed by atoms with Crippen molar-refractivity contribution in [2.24, 2.45) is 10.4 Å². The third-order valence-electron chi connectivity index (χ3n) is 6.54. The van der Waals surface area contributed by atoms with Crippen LogP contribution in [0.2, 0.25) is 0 Å². The third kappa shape index (κ3) is 3.50. The maximum absolute atomic E-state index is 14.1. The predicted molar refractivity (Wildman–Crippen MR) is 124 cm³/mol. The number of piperidine rings is 1. The van der Waals surface area contributed by atoms with Gasteiger partial charge in [-0.2, -0.15) is 4.98 Å². The number of amides is 1. The Bertz CT molecular complexity index is 1400. The number of hydrogen-bond donors (Lipinski definition) is 0. The second-order valence-corrected chi connectivity index (χ2v) is 9.42. The Kier molecular flexibility index (Phi) is 5.04. The number of nitrogens with zero attached hydrogens (tertiary/aromatic N) is 4. The molecule has 8 nitrogen and oxygen atoms in total. The first-order chi connectivity index (χ1) is 15.8. The predicted octanol–water partition coefficient (Wildman–Crippen LogP) is 4.02. The minimum atomic E-state index is -0.804. The molecule has 0 atom stereocenters. The fraction of sp³-hybridized carbons (Fsp3) is 0.304. The van der Waals surface area contributed by atoms with Crippen LogP contribution in [0.15, 0.2) is 46.2 Å². The summed E-state index contributed by atoms with van der Waals surface area (Å²) >= 11 is 1.01. The van der Waals surface area contributed by atoms with Crippen LogP contribution < -0.4 is 10.5 Å². The Hall–Kier alpha value is -3.53. The molecule has 33 heavy (non-hydrogen) atoms. The summed E-state index contributed by atoms with van der Waals surface area (Å²) in [6, 6.07) is 10.6. The topological polar surface area (TPSA) is 106 Å². The van der Waals surface area contributed by atoms with Gasteiger partial charge in [-0.15, -0.1) is 0 Å². The van der Waals surface area contributed by atoms with Gasteiger partial charge in [-0.25, -0.2) is 9.38 Å². The standard InChI is InChI=1S/C23H19FN4O4S/c1-13-16(24)11-15-19(18(13)28(31)32)33-22(26-20(15)29)27-9-7-23(8-10-27)12-17(25-21(23)30)14-5-3-2-4-6-14/h2-6,11H,7-10,12H2,1H3. The van der Waals surface area contributed by atoms with Gasteiger partial charge in [0.15, 0.2) is 5.13 Å². The summed E-state index contributed by atoms with van der Waals surface area (Å²) < 4.78 is 14.3. The van der Waals surface area contributed by atoms with Crippen LogP contribution in [0.25, 0.3) is 10.1 Å². The van der Waals surface area contributed by atoms with E-state index in [0.717, 1.165) is 28.7 Å². The Morgan fingerprint density at radius 2 is 1.88 bits per heavy atom. The lowest BCUT2D eigenvalue weighted by Gasteiger charge is -2.37. The number of benzene rings is 2. The fourth-order valence-electron chi connectivity index (χ4n) is 4.58. The Morgan fingerprint density at radius 1 is 1.18 bits per heavy atom. The molecule has 3 aromatic rings. The van der Waals surface area contributed by atoms with Gasteiger partial charge in [-0.05, 0) is 31.4 Å². The summed E-state index contributed by atoms with van der Waals surface area (Å²) in [7, 11) is 0. The Labute approximate surface area is 191 Å². The van der Waals surface area contributed by atoms with Crippen LogP contribution >= 0.6 is 11.3 Å². The molecular formula is C23H19FN4O4S. The van der Waals surface area contributed by atoms with Gasteiger partial charge in [0.05, 0.1) is 27.0 Å². The monoisotopic (exact) mass is 466 g/mol. The van der Waals surface area contributed by atoms with Gasteiger partial charge in [-0.3, -0.25) is 19.7 Å². The van der Waals surface area contributed by atoms with E-state index >= 15 is 0 Å². The molecule has 168 valence electrons. The van der Waals surface area contributed by atoms with E-state index in [4.69, 9.17) is 0 Å². The summed E-state index contributed by atoms with van der Waals surface area (Å²) in [5.41, 5.74) is -0.0659. The molecule has 1 spiro atoms. The van der Waals surface area contributed by atoms with Crippen molar-refractivity contribution >= 4 is 43.9 Å². The highest BCUT2D eigenvalue weighted by molar-refractivity contribution is 7.22. The summed E-state index contributed by atoms with van der Waals surface area (Å²) in [4.78, 5) is 46.6. The first-order valence-corrected chi connectivity index (χ1v) is 11.3. The van der Waals surface area contributed by atoms with E-state index in [0.29, 0.717) is 37.5 Å². The molecule has 1 amide bonds. The average Bonchev–Trinajstić information content (AvgIpc) is 3.11. The number of carbonyl (C=O) groups excluding carboxylic acids is 1. The molecule has 0 N–H and O–H groups in total. The van der Waals surface area contributed by atoms with Gasteiger partial charge in [0.2, 0.25) is 0 Å². The van der Waals surface area contributed by atoms with Crippen molar-refractivity contribution in [2.75, 3.05) is 18.0 Å². The van der Waals surface area contributed by atoms with E-state index < -0.39 is 27.4 Å². The summed E-state index contributed by atoms with van der Waals surface area (Å²) in [5.74, 6) is -0.927. The Balaban J connectivity index is 1.43. The third-order valence-corrected chi connectivity index (χ3v) is 7.69. The highest BCUT2D eigenvalue weighted by Crippen LogP contribution is 2.43. The van der Waals surface area contributed by atoms with Crippen LogP contribution in [0.1, 0.15) is 30.4 Å². The van der Waals surface area contributed by atoms with Crippen molar-refractivity contribution < 1.29 is 14.1 Å². The molecule has 1 aromatic heterocycles. The number of nitro benzene ring substituents is 1. The lowest BCUT2D eigenvalue weighted by atomic mass is 9.75. The number of nitro groups is 1. The molecule has 2 aliphatic heterocycles. The second-order valence-electron chi connectivity index (χ2n) is 8.44. The van der Waals surface area contributed by atoms with Gasteiger partial charge < -0.3 is 4.90 Å². The molecule has 0 saturated carbocycles. The van der Waals surface area contributed by atoms with Crippen LogP contribution in [0.5, 0.6) is 0 Å². The van der Waals surface area contributed by atoms with Gasteiger partial charge in [0.25, 0.3) is 17.2 Å². The van der Waals surface area contributed by atoms with Crippen LogP contribution in [-0.4, -0.2) is 34.6 Å². The normalized spacial score (nSPS) is 17.6. The number of fused-ring (bicyclic) bond motifs is 1. The molecule has 3 heterocycles. The molecular weight excluding hydrogens is 447 g/mol. The zero-order valence-corrected chi connectivity index (χ0v) is 18.5. The summed E-state index contributed by atoms with van der Waals surface area (Å²) in [6.07, 6.45) is 1.64. The second kappa shape index (κ2) is 7.80. The van der Waals surface area contributed by atoms with Crippen LogP contribution in [0, 0.1) is 28.3 Å². The highest BCUT2D eigenvalue weighted by atomic mass is 32.1. The Morgan fingerprint density at radius 3 is 2.55 bits per heavy atom. The van der Waals surface area contributed by atoms with Crippen LogP contribution in [0.4, 0.5) is 15.2 Å². The largest absolute Gasteiger partial charge is 0.348 e. The van der Waals surface area contributed by atoms with Crippen molar-refractivity contribution in [3.63, 3.8) is 0 Å². The molecule has 0 unspecified atom stereocenters. The fourth-order valence-corrected chi connectivity index (χ4v) is 5.78. The molecule has 1 fully saturated rings. The van der Waals surface area contributed by atoms with Gasteiger partial charge >= 0.3 is 0 Å². The number of anilines is 1. The maximum atomic E-state index is 14.1. The summed E-state index contributed by atoms with van der Waals surface area (Å²) in [5, 5.41) is 11.8. The number of aliphatic imine (C=N–C) groups is 1. The molecule has 2 aliphatic rings. The highest BCUT2D eigenvalue weighted by Gasteiger charge is 2.46. The molecule has 1 saturated heterocycles. The van der Waals surface area contributed by atoms with Gasteiger partial charge in [0.1, 0.15) is 10.5 Å². The smallest absolute Gasteiger partial charge is 0.293 e. The first kappa shape index (κ1) is 21.3. The summed E-state index contributed by atoms with van der Waals surface area (Å²) in [6.45, 7) is 2.25. The van der Waals surface area contributed by atoms with E-state index in [2.05, 4.69) is 9.98 Å². The van der Waals surface area contributed by atoms with Crippen molar-refractivity contribution in [3.8, 4) is 0 Å². The molecule has 0 bridgehead atoms. The molecule has 0 radical (unpaired) electrons. The maximum Gasteiger partial charge on any atom is 0.293 e. The van der Waals surface area contributed by atoms with Crippen molar-refractivity contribution in [2.45, 2.75) is 26.2 Å². The SMILES string of the molecule is Cc1c(F)cc2c(=O)nc(N3CCC4(CC3)CC(c3ccccc3)=NC4=O)sc2c1[N+](=O)[O-]. The molecule has 10 heteroatoms. The van der Waals surface area contributed by atoms with Crippen molar-refractivity contribution in [3.05, 3.63) is 73.8 Å². The first-order valence-electron chi connectivity index (χ1n) is 10.5. The van der Waals surface area contributed by atoms with Crippen LogP contribution in [-0.2, 0) is 4.79 Å². The number of rotatable bonds is 3. The quantitative estimate of drug-likeness (QED) is 0.426. The van der Waals surface area contributed by atoms with E-state index in [1.807, 2.05) is 35.2 Å². The average molecular weight is 466 g/mol. The molecule has 2 aromatic carbocycles. The number of hydrogen-bond acceptors (Lipinski definition) is 7. The zero-order chi connectivity index (χ0) is 23.3. The number of aromatic nitrogens is 1. The lowest BCUT2D eigenvalue weighted by molar-refractivity contribution is -0.383. The number of halogens is 1. The van der Waals surface area contributed by atoms with E-state index in [1.54, 1.807) is 0 Å². The van der Waals surface area contributed by atoms with Gasteiger partial charge in [-0.1, -0.05) is 41.7 Å². The minimum absolute atomic E-state index is 0.0982. The van der Waals surface area contributed by atoms with Crippen molar-refractivity contribution in [1.29, 1.82) is 0 Å². The van der Waals surface area contributed by atoms with E-state index in [1.165, 1.54) is 6.92 Å². The van der Waals surface area contributed by atoms with E-state index in [-0.39, 0.29) is 21.6 Å². The van der Waals surface area contributed by atoms with E-state index in [9.17, 15) is 24.1 Å². The van der Waals surface area contributed by atoms with Gasteiger partial charge in [0, 0.05) is 19.5 Å². The van der Waals surface area contributed by atoms with Crippen molar-refractivity contribution in [1.82, 2.24) is 4.98 Å². The number of carbonyl (C=O) groups is 1. The molecule has 5 rings (SSSR count).